The summed E-state index contributed by atoms with van der Waals surface area (Å²) in [4.78, 5) is 13.2. The molecule has 1 rings (SSSR count). The fraction of sp³-hybridized carbons (Fsp3) is 0.875. The maximum Gasteiger partial charge on any atom is 0.224 e. The number of amides is 1. The van der Waals surface area contributed by atoms with Crippen LogP contribution in [-0.4, -0.2) is 29.9 Å². The quantitative estimate of drug-likeness (QED) is 0.627. The molecule has 2 N–H and O–H groups in total. The fourth-order valence-electron chi connectivity index (χ4n) is 1.57. The van der Waals surface area contributed by atoms with Gasteiger partial charge < -0.3 is 10.6 Å². The summed E-state index contributed by atoms with van der Waals surface area (Å²) in [5.74, 6) is 0.220. The van der Waals surface area contributed by atoms with E-state index < -0.39 is 0 Å². The van der Waals surface area contributed by atoms with Gasteiger partial charge in [-0.15, -0.1) is 0 Å². The van der Waals surface area contributed by atoms with E-state index in [0.29, 0.717) is 19.0 Å². The molecule has 0 radical (unpaired) electrons. The van der Waals surface area contributed by atoms with Crippen LogP contribution in [0.2, 0.25) is 0 Å². The summed E-state index contributed by atoms with van der Waals surface area (Å²) >= 11 is 0. The minimum atomic E-state index is 0.220. The SMILES string of the molecule is CC1CCCN1C(=O)CCN. The zero-order valence-electron chi connectivity index (χ0n) is 7.05. The number of hydrogen-bond donors (Lipinski definition) is 1. The molecule has 1 fully saturated rings. The average Bonchev–Trinajstić information content (AvgIpc) is 2.36. The Labute approximate surface area is 67.5 Å². The molecule has 0 aromatic heterocycles. The van der Waals surface area contributed by atoms with Crippen LogP contribution in [0.1, 0.15) is 26.2 Å². The van der Waals surface area contributed by atoms with Crippen LogP contribution < -0.4 is 5.73 Å². The molecule has 64 valence electrons. The van der Waals surface area contributed by atoms with Gasteiger partial charge >= 0.3 is 0 Å². The summed E-state index contributed by atoms with van der Waals surface area (Å²) < 4.78 is 0. The third kappa shape index (κ3) is 1.93. The van der Waals surface area contributed by atoms with Crippen molar-refractivity contribution in [3.63, 3.8) is 0 Å². The highest BCUT2D eigenvalue weighted by Crippen LogP contribution is 2.16. The molecule has 1 amide bonds. The van der Waals surface area contributed by atoms with Crippen LogP contribution in [0, 0.1) is 0 Å². The predicted octanol–water partition coefficient (Wildman–Crippen LogP) is 0.346. The lowest BCUT2D eigenvalue weighted by Crippen LogP contribution is -2.34. The minimum absolute atomic E-state index is 0.220. The van der Waals surface area contributed by atoms with E-state index in [-0.39, 0.29) is 5.91 Å². The van der Waals surface area contributed by atoms with Gasteiger partial charge in [0.25, 0.3) is 0 Å². The lowest BCUT2D eigenvalue weighted by molar-refractivity contribution is -0.131. The van der Waals surface area contributed by atoms with Gasteiger partial charge in [-0.25, -0.2) is 0 Å². The van der Waals surface area contributed by atoms with Gasteiger partial charge in [0, 0.05) is 25.6 Å². The van der Waals surface area contributed by atoms with Crippen molar-refractivity contribution in [2.45, 2.75) is 32.2 Å². The van der Waals surface area contributed by atoms with Crippen LogP contribution in [0.25, 0.3) is 0 Å². The molecule has 1 unspecified atom stereocenters. The molecule has 1 aliphatic heterocycles. The molecule has 0 spiro atoms. The van der Waals surface area contributed by atoms with Gasteiger partial charge in [-0.1, -0.05) is 0 Å². The maximum atomic E-state index is 11.3. The zero-order valence-corrected chi connectivity index (χ0v) is 7.05. The molecule has 11 heavy (non-hydrogen) atoms. The first-order valence-electron chi connectivity index (χ1n) is 4.25. The van der Waals surface area contributed by atoms with Gasteiger partial charge in [0.05, 0.1) is 0 Å². The Bertz CT molecular complexity index is 147. The number of likely N-dealkylation sites (tertiary alicyclic amines) is 1. The van der Waals surface area contributed by atoms with Gasteiger partial charge in [-0.3, -0.25) is 4.79 Å². The van der Waals surface area contributed by atoms with Crippen LogP contribution >= 0.6 is 0 Å². The summed E-state index contributed by atoms with van der Waals surface area (Å²) in [6.45, 7) is 3.50. The van der Waals surface area contributed by atoms with E-state index in [0.717, 1.165) is 19.4 Å². The monoisotopic (exact) mass is 156 g/mol. The van der Waals surface area contributed by atoms with Gasteiger partial charge in [0.15, 0.2) is 0 Å². The standard InChI is InChI=1S/C8H16N2O/c1-7-3-2-6-10(7)8(11)4-5-9/h7H,2-6,9H2,1H3. The van der Waals surface area contributed by atoms with E-state index >= 15 is 0 Å². The van der Waals surface area contributed by atoms with Crippen LogP contribution in [0.3, 0.4) is 0 Å². The molecular weight excluding hydrogens is 140 g/mol. The summed E-state index contributed by atoms with van der Waals surface area (Å²) in [6, 6.07) is 0.439. The first-order valence-corrected chi connectivity index (χ1v) is 4.25. The van der Waals surface area contributed by atoms with Crippen molar-refractivity contribution >= 4 is 5.91 Å². The number of nitrogens with two attached hydrogens (primary N) is 1. The van der Waals surface area contributed by atoms with Crippen molar-refractivity contribution < 1.29 is 4.79 Å². The van der Waals surface area contributed by atoms with Crippen molar-refractivity contribution in [2.24, 2.45) is 5.73 Å². The molecule has 1 atom stereocenters. The van der Waals surface area contributed by atoms with E-state index in [2.05, 4.69) is 6.92 Å². The minimum Gasteiger partial charge on any atom is -0.340 e. The smallest absolute Gasteiger partial charge is 0.224 e. The van der Waals surface area contributed by atoms with Crippen LogP contribution in [0.15, 0.2) is 0 Å². The van der Waals surface area contributed by atoms with Crippen LogP contribution in [-0.2, 0) is 4.79 Å². The molecule has 1 saturated heterocycles. The van der Waals surface area contributed by atoms with E-state index in [9.17, 15) is 4.79 Å². The van der Waals surface area contributed by atoms with Crippen molar-refractivity contribution in [3.05, 3.63) is 0 Å². The van der Waals surface area contributed by atoms with Crippen LogP contribution in [0.4, 0.5) is 0 Å². The molecule has 0 aromatic carbocycles. The third-order valence-electron chi connectivity index (χ3n) is 2.23. The molecular formula is C8H16N2O. The number of rotatable bonds is 2. The van der Waals surface area contributed by atoms with Crippen molar-refractivity contribution in [2.75, 3.05) is 13.1 Å². The highest BCUT2D eigenvalue weighted by Gasteiger charge is 2.23. The summed E-state index contributed by atoms with van der Waals surface area (Å²) in [6.07, 6.45) is 2.80. The van der Waals surface area contributed by atoms with Crippen molar-refractivity contribution in [1.82, 2.24) is 4.90 Å². The maximum absolute atomic E-state index is 11.3. The summed E-state index contributed by atoms with van der Waals surface area (Å²) in [5.41, 5.74) is 5.29. The van der Waals surface area contributed by atoms with Gasteiger partial charge in [0.2, 0.25) is 5.91 Å². The van der Waals surface area contributed by atoms with Gasteiger partial charge in [-0.05, 0) is 19.8 Å². The van der Waals surface area contributed by atoms with Gasteiger partial charge in [0.1, 0.15) is 0 Å². The highest BCUT2D eigenvalue weighted by molar-refractivity contribution is 5.76. The second-order valence-corrected chi connectivity index (χ2v) is 3.12. The Morgan fingerprint density at radius 2 is 2.45 bits per heavy atom. The highest BCUT2D eigenvalue weighted by atomic mass is 16.2. The summed E-state index contributed by atoms with van der Waals surface area (Å²) in [5, 5.41) is 0. The molecule has 0 bridgehead atoms. The Morgan fingerprint density at radius 3 is 2.91 bits per heavy atom. The van der Waals surface area contributed by atoms with Crippen LogP contribution in [0.5, 0.6) is 0 Å². The number of carbonyl (C=O) groups is 1. The van der Waals surface area contributed by atoms with Gasteiger partial charge in [-0.2, -0.15) is 0 Å². The summed E-state index contributed by atoms with van der Waals surface area (Å²) in [7, 11) is 0. The van der Waals surface area contributed by atoms with E-state index in [1.165, 1.54) is 0 Å². The molecule has 0 aromatic rings. The number of nitrogens with zero attached hydrogens (tertiary/aromatic N) is 1. The second kappa shape index (κ2) is 3.72. The molecule has 1 aliphatic rings. The van der Waals surface area contributed by atoms with E-state index in [1.807, 2.05) is 4.90 Å². The average molecular weight is 156 g/mol. The van der Waals surface area contributed by atoms with Crippen molar-refractivity contribution in [3.8, 4) is 0 Å². The Hall–Kier alpha value is -0.570. The zero-order chi connectivity index (χ0) is 8.27. The Balaban J connectivity index is 2.39. The first kappa shape index (κ1) is 8.53. The Morgan fingerprint density at radius 1 is 1.73 bits per heavy atom. The topological polar surface area (TPSA) is 46.3 Å². The largest absolute Gasteiger partial charge is 0.340 e. The lowest BCUT2D eigenvalue weighted by atomic mass is 10.2. The van der Waals surface area contributed by atoms with Crippen molar-refractivity contribution in [1.29, 1.82) is 0 Å². The third-order valence-corrected chi connectivity index (χ3v) is 2.23. The molecule has 1 heterocycles. The number of hydrogen-bond acceptors (Lipinski definition) is 2. The predicted molar refractivity (Wildman–Crippen MR) is 44.1 cm³/mol. The first-order chi connectivity index (χ1) is 5.25. The molecule has 0 aliphatic carbocycles. The lowest BCUT2D eigenvalue weighted by Gasteiger charge is -2.20. The second-order valence-electron chi connectivity index (χ2n) is 3.12. The number of carbonyl (C=O) groups excluding carboxylic acids is 1. The van der Waals surface area contributed by atoms with E-state index in [1.54, 1.807) is 0 Å². The Kier molecular flexibility index (Phi) is 2.88. The van der Waals surface area contributed by atoms with E-state index in [4.69, 9.17) is 5.73 Å². The fourth-order valence-corrected chi connectivity index (χ4v) is 1.57. The molecule has 3 nitrogen and oxygen atoms in total. The normalized spacial score (nSPS) is 24.2. The molecule has 3 heteroatoms. The molecule has 0 saturated carbocycles.